The number of benzene rings is 2. The Labute approximate surface area is 197 Å². The first-order valence-electron chi connectivity index (χ1n) is 13.4. The van der Waals surface area contributed by atoms with Crippen molar-refractivity contribution in [3.8, 4) is 11.8 Å². The molecule has 1 unspecified atom stereocenters. The number of unbranched alkanes of at least 4 members (excludes halogenated alkanes) is 4. The summed E-state index contributed by atoms with van der Waals surface area (Å²) < 4.78 is 0. The van der Waals surface area contributed by atoms with Gasteiger partial charge in [-0.15, -0.1) is 0 Å². The Balaban J connectivity index is 1.26. The second kappa shape index (κ2) is 11.7. The van der Waals surface area contributed by atoms with E-state index in [4.69, 9.17) is 0 Å². The standard InChI is InChI=1S/C32H42/c1-3-4-5-6-7-8-28-17-20-32-24-31(22-21-30(32)23-28)29-18-15-27(16-19-29)14-13-26-11-9-25(2)10-12-26/h9-12,15-16,18-19,28,30-32H,3-8,17,20-24H2,1-2H3/t28?,30-,31-,32-/m1/s1. The molecule has 0 nitrogen and oxygen atoms in total. The van der Waals surface area contributed by atoms with E-state index in [1.54, 1.807) is 5.56 Å². The Morgan fingerprint density at radius 1 is 0.688 bits per heavy atom. The number of hydrogen-bond acceptors (Lipinski definition) is 0. The third-order valence-corrected chi connectivity index (χ3v) is 8.22. The Kier molecular flexibility index (Phi) is 8.50. The average Bonchev–Trinajstić information content (AvgIpc) is 2.83. The fourth-order valence-corrected chi connectivity index (χ4v) is 6.21. The Hall–Kier alpha value is -2.00. The zero-order valence-electron chi connectivity index (χ0n) is 20.4. The molecular formula is C32H42. The van der Waals surface area contributed by atoms with E-state index in [1.165, 1.54) is 82.6 Å². The van der Waals surface area contributed by atoms with Crippen LogP contribution in [0.15, 0.2) is 48.5 Å². The largest absolute Gasteiger partial charge is 0.0654 e. The van der Waals surface area contributed by atoms with Crippen LogP contribution in [0.3, 0.4) is 0 Å². The van der Waals surface area contributed by atoms with Gasteiger partial charge in [-0.25, -0.2) is 0 Å². The van der Waals surface area contributed by atoms with E-state index in [9.17, 15) is 0 Å². The van der Waals surface area contributed by atoms with Gasteiger partial charge in [0.05, 0.1) is 0 Å². The number of aryl methyl sites for hydroxylation is 1. The van der Waals surface area contributed by atoms with E-state index in [2.05, 4.69) is 74.2 Å². The molecule has 2 aliphatic carbocycles. The highest BCUT2D eigenvalue weighted by Crippen LogP contribution is 2.48. The highest BCUT2D eigenvalue weighted by molar-refractivity contribution is 5.44. The topological polar surface area (TPSA) is 0 Å². The Morgan fingerprint density at radius 3 is 2.03 bits per heavy atom. The molecule has 4 atom stereocenters. The van der Waals surface area contributed by atoms with Crippen molar-refractivity contribution in [3.63, 3.8) is 0 Å². The van der Waals surface area contributed by atoms with Crippen LogP contribution in [-0.2, 0) is 0 Å². The Morgan fingerprint density at radius 2 is 1.31 bits per heavy atom. The number of hydrogen-bond donors (Lipinski definition) is 0. The molecule has 0 aromatic heterocycles. The summed E-state index contributed by atoms with van der Waals surface area (Å²) >= 11 is 0. The summed E-state index contributed by atoms with van der Waals surface area (Å²) in [5, 5.41) is 0. The predicted octanol–water partition coefficient (Wildman–Crippen LogP) is 9.06. The van der Waals surface area contributed by atoms with E-state index >= 15 is 0 Å². The molecular weight excluding hydrogens is 384 g/mol. The molecule has 2 saturated carbocycles. The summed E-state index contributed by atoms with van der Waals surface area (Å²) in [5.41, 5.74) is 5.05. The molecule has 0 amide bonds. The van der Waals surface area contributed by atoms with Crippen molar-refractivity contribution in [1.82, 2.24) is 0 Å². The highest BCUT2D eigenvalue weighted by Gasteiger charge is 2.35. The van der Waals surface area contributed by atoms with Crippen LogP contribution in [0.25, 0.3) is 0 Å². The lowest BCUT2D eigenvalue weighted by Crippen LogP contribution is -2.30. The van der Waals surface area contributed by atoms with Gasteiger partial charge in [-0.2, -0.15) is 0 Å². The van der Waals surface area contributed by atoms with Crippen LogP contribution < -0.4 is 0 Å². The van der Waals surface area contributed by atoms with Crippen LogP contribution in [0.2, 0.25) is 0 Å². The van der Waals surface area contributed by atoms with Gasteiger partial charge in [-0.3, -0.25) is 0 Å². The summed E-state index contributed by atoms with van der Waals surface area (Å²) in [7, 11) is 0. The van der Waals surface area contributed by atoms with Gasteiger partial charge >= 0.3 is 0 Å². The quantitative estimate of drug-likeness (QED) is 0.306. The molecule has 2 aliphatic rings. The maximum Gasteiger partial charge on any atom is 0.0249 e. The van der Waals surface area contributed by atoms with Crippen LogP contribution in [0.5, 0.6) is 0 Å². The third-order valence-electron chi connectivity index (χ3n) is 8.22. The first kappa shape index (κ1) is 23.2. The maximum atomic E-state index is 3.34. The molecule has 2 aromatic carbocycles. The van der Waals surface area contributed by atoms with Crippen molar-refractivity contribution >= 4 is 0 Å². The molecule has 0 spiro atoms. The Bertz CT molecular complexity index is 876. The fourth-order valence-electron chi connectivity index (χ4n) is 6.21. The molecule has 0 saturated heterocycles. The fraction of sp³-hybridized carbons (Fsp3) is 0.562. The molecule has 0 heteroatoms. The number of rotatable bonds is 7. The average molecular weight is 427 g/mol. The van der Waals surface area contributed by atoms with Gasteiger partial charge in [-0.05, 0) is 92.5 Å². The van der Waals surface area contributed by atoms with E-state index in [0.29, 0.717) is 0 Å². The first-order valence-corrected chi connectivity index (χ1v) is 13.4. The molecule has 4 rings (SSSR count). The van der Waals surface area contributed by atoms with Crippen LogP contribution in [-0.4, -0.2) is 0 Å². The summed E-state index contributed by atoms with van der Waals surface area (Å²) in [4.78, 5) is 0. The molecule has 0 heterocycles. The lowest BCUT2D eigenvalue weighted by molar-refractivity contribution is 0.113. The molecule has 2 aromatic rings. The summed E-state index contributed by atoms with van der Waals surface area (Å²) in [6, 6.07) is 17.6. The minimum absolute atomic E-state index is 0.765. The molecule has 0 aliphatic heterocycles. The van der Waals surface area contributed by atoms with Crippen molar-refractivity contribution in [2.24, 2.45) is 17.8 Å². The van der Waals surface area contributed by atoms with Crippen LogP contribution in [0.1, 0.15) is 112 Å². The highest BCUT2D eigenvalue weighted by atomic mass is 14.4. The zero-order chi connectivity index (χ0) is 22.2. The predicted molar refractivity (Wildman–Crippen MR) is 138 cm³/mol. The second-order valence-corrected chi connectivity index (χ2v) is 10.7. The molecule has 0 radical (unpaired) electrons. The number of fused-ring (bicyclic) bond motifs is 1. The van der Waals surface area contributed by atoms with E-state index in [1.807, 2.05) is 0 Å². The lowest BCUT2D eigenvalue weighted by Gasteiger charge is -2.42. The summed E-state index contributed by atoms with van der Waals surface area (Å²) in [6.45, 7) is 4.43. The van der Waals surface area contributed by atoms with Crippen molar-refractivity contribution in [2.75, 3.05) is 0 Å². The second-order valence-electron chi connectivity index (χ2n) is 10.7. The van der Waals surface area contributed by atoms with Crippen LogP contribution in [0, 0.1) is 36.5 Å². The van der Waals surface area contributed by atoms with Gasteiger partial charge in [0.25, 0.3) is 0 Å². The van der Waals surface area contributed by atoms with Crippen LogP contribution in [0.4, 0.5) is 0 Å². The van der Waals surface area contributed by atoms with Gasteiger partial charge < -0.3 is 0 Å². The van der Waals surface area contributed by atoms with Gasteiger partial charge in [0, 0.05) is 11.1 Å². The molecule has 170 valence electrons. The van der Waals surface area contributed by atoms with Gasteiger partial charge in [0.2, 0.25) is 0 Å². The summed E-state index contributed by atoms with van der Waals surface area (Å²) in [6.07, 6.45) is 17.5. The van der Waals surface area contributed by atoms with E-state index in [-0.39, 0.29) is 0 Å². The minimum atomic E-state index is 0.765. The molecule has 2 fully saturated rings. The molecule has 32 heavy (non-hydrogen) atoms. The smallest absolute Gasteiger partial charge is 0.0249 e. The lowest BCUT2D eigenvalue weighted by atomic mass is 9.63. The van der Waals surface area contributed by atoms with Crippen LogP contribution >= 0.6 is 0 Å². The monoisotopic (exact) mass is 426 g/mol. The molecule has 0 bridgehead atoms. The van der Waals surface area contributed by atoms with Crippen molar-refractivity contribution < 1.29 is 0 Å². The minimum Gasteiger partial charge on any atom is -0.0654 e. The van der Waals surface area contributed by atoms with E-state index in [0.717, 1.165) is 34.8 Å². The van der Waals surface area contributed by atoms with E-state index < -0.39 is 0 Å². The summed E-state index contributed by atoms with van der Waals surface area (Å²) in [5.74, 6) is 10.4. The normalized spacial score (nSPS) is 24.9. The molecule has 0 N–H and O–H groups in total. The zero-order valence-corrected chi connectivity index (χ0v) is 20.4. The SMILES string of the molecule is CCCCCCCC1CC[C@@H]2C[C@H](c3ccc(C#Cc4ccc(C)cc4)cc3)CC[C@@H]2C1. The van der Waals surface area contributed by atoms with Gasteiger partial charge in [0.15, 0.2) is 0 Å². The van der Waals surface area contributed by atoms with Gasteiger partial charge in [0.1, 0.15) is 0 Å². The third kappa shape index (κ3) is 6.51. The maximum absolute atomic E-state index is 3.34. The first-order chi connectivity index (χ1) is 15.7. The van der Waals surface area contributed by atoms with Crippen molar-refractivity contribution in [3.05, 3.63) is 70.8 Å². The van der Waals surface area contributed by atoms with Crippen molar-refractivity contribution in [1.29, 1.82) is 0 Å². The van der Waals surface area contributed by atoms with Crippen molar-refractivity contribution in [2.45, 2.75) is 96.8 Å². The van der Waals surface area contributed by atoms with Gasteiger partial charge in [-0.1, -0.05) is 93.5 Å².